The molecule has 4 nitrogen and oxygen atoms in total. The Bertz CT molecular complexity index is 662. The molecule has 0 spiro atoms. The van der Waals surface area contributed by atoms with Crippen LogP contribution in [0.5, 0.6) is 0 Å². The van der Waals surface area contributed by atoms with Crippen molar-refractivity contribution in [3.63, 3.8) is 0 Å². The summed E-state index contributed by atoms with van der Waals surface area (Å²) >= 11 is 0. The van der Waals surface area contributed by atoms with E-state index in [0.717, 1.165) is 22.5 Å². The Morgan fingerprint density at radius 1 is 1.00 bits per heavy atom. The molecule has 4 heteroatoms. The van der Waals surface area contributed by atoms with Gasteiger partial charge in [0, 0.05) is 19.4 Å². The topological polar surface area (TPSA) is 58.7 Å². The molecule has 0 bridgehead atoms. The summed E-state index contributed by atoms with van der Waals surface area (Å²) in [5.41, 5.74) is 9.48. The van der Waals surface area contributed by atoms with Crippen molar-refractivity contribution in [2.75, 3.05) is 5.01 Å². The zero-order chi connectivity index (χ0) is 14.7. The minimum atomic E-state index is 0.0310. The van der Waals surface area contributed by atoms with Crippen molar-refractivity contribution in [1.82, 2.24) is 0 Å². The first-order chi connectivity index (χ1) is 10.3. The van der Waals surface area contributed by atoms with Gasteiger partial charge in [0.1, 0.15) is 0 Å². The van der Waals surface area contributed by atoms with Crippen molar-refractivity contribution in [3.8, 4) is 0 Å². The highest BCUT2D eigenvalue weighted by Gasteiger charge is 2.22. The van der Waals surface area contributed by atoms with Crippen LogP contribution in [0.2, 0.25) is 0 Å². The van der Waals surface area contributed by atoms with Gasteiger partial charge in [-0.05, 0) is 23.3 Å². The molecule has 2 aromatic carbocycles. The fourth-order valence-corrected chi connectivity index (χ4v) is 2.36. The lowest BCUT2D eigenvalue weighted by molar-refractivity contribution is -0.118. The second kappa shape index (κ2) is 5.89. The third-order valence-electron chi connectivity index (χ3n) is 3.56. The zero-order valence-corrected chi connectivity index (χ0v) is 11.7. The Balaban J connectivity index is 1.93. The summed E-state index contributed by atoms with van der Waals surface area (Å²) in [7, 11) is 0. The largest absolute Gasteiger partial charge is 0.326 e. The number of hydrogen-bond donors (Lipinski definition) is 1. The number of nitrogens with zero attached hydrogens (tertiary/aromatic N) is 2. The van der Waals surface area contributed by atoms with E-state index in [4.69, 9.17) is 5.73 Å². The highest BCUT2D eigenvalue weighted by molar-refractivity contribution is 6.08. The standard InChI is InChI=1S/C17H17N3O/c18-12-13-6-8-14(9-7-13)16-10-11-17(21)20(19-16)15-4-2-1-3-5-15/h1-9H,10-12,18H2. The zero-order valence-electron chi connectivity index (χ0n) is 11.7. The number of rotatable bonds is 3. The van der Waals surface area contributed by atoms with Crippen LogP contribution in [0.4, 0.5) is 5.69 Å². The Kier molecular flexibility index (Phi) is 3.79. The fraction of sp³-hybridized carbons (Fsp3) is 0.176. The third kappa shape index (κ3) is 2.85. The van der Waals surface area contributed by atoms with E-state index in [0.29, 0.717) is 19.4 Å². The normalized spacial score (nSPS) is 15.0. The summed E-state index contributed by atoms with van der Waals surface area (Å²) in [6.07, 6.45) is 1.15. The van der Waals surface area contributed by atoms with Gasteiger partial charge >= 0.3 is 0 Å². The Morgan fingerprint density at radius 3 is 2.38 bits per heavy atom. The molecule has 21 heavy (non-hydrogen) atoms. The fourth-order valence-electron chi connectivity index (χ4n) is 2.36. The second-order valence-electron chi connectivity index (χ2n) is 4.99. The third-order valence-corrected chi connectivity index (χ3v) is 3.56. The number of hydrazone groups is 1. The van der Waals surface area contributed by atoms with Crippen molar-refractivity contribution < 1.29 is 4.79 Å². The summed E-state index contributed by atoms with van der Waals surface area (Å²) in [6, 6.07) is 17.5. The number of para-hydroxylation sites is 1. The number of carbonyl (C=O) groups excluding carboxylic acids is 1. The van der Waals surface area contributed by atoms with Gasteiger partial charge in [0.25, 0.3) is 0 Å². The molecule has 0 atom stereocenters. The molecule has 0 unspecified atom stereocenters. The van der Waals surface area contributed by atoms with Crippen molar-refractivity contribution in [2.24, 2.45) is 10.8 Å². The molecule has 1 aliphatic rings. The monoisotopic (exact) mass is 279 g/mol. The van der Waals surface area contributed by atoms with E-state index in [1.54, 1.807) is 0 Å². The summed E-state index contributed by atoms with van der Waals surface area (Å²) in [5.74, 6) is 0.0310. The van der Waals surface area contributed by atoms with E-state index < -0.39 is 0 Å². The molecule has 2 aromatic rings. The van der Waals surface area contributed by atoms with Crippen molar-refractivity contribution >= 4 is 17.3 Å². The molecule has 1 aliphatic heterocycles. The van der Waals surface area contributed by atoms with Crippen molar-refractivity contribution in [2.45, 2.75) is 19.4 Å². The van der Waals surface area contributed by atoms with Crippen LogP contribution in [-0.2, 0) is 11.3 Å². The van der Waals surface area contributed by atoms with E-state index in [1.165, 1.54) is 5.01 Å². The number of anilines is 1. The van der Waals surface area contributed by atoms with E-state index in [2.05, 4.69) is 5.10 Å². The molecule has 1 heterocycles. The van der Waals surface area contributed by atoms with Gasteiger partial charge in [-0.3, -0.25) is 4.79 Å². The van der Waals surface area contributed by atoms with Gasteiger partial charge in [0.05, 0.1) is 11.4 Å². The lowest BCUT2D eigenvalue weighted by Crippen LogP contribution is -2.31. The van der Waals surface area contributed by atoms with Gasteiger partial charge in [0.2, 0.25) is 5.91 Å². The molecular formula is C17H17N3O. The number of amides is 1. The van der Waals surface area contributed by atoms with Crippen LogP contribution in [0.15, 0.2) is 59.7 Å². The van der Waals surface area contributed by atoms with Crippen molar-refractivity contribution in [3.05, 3.63) is 65.7 Å². The minimum absolute atomic E-state index is 0.0310. The number of benzene rings is 2. The summed E-state index contributed by atoms with van der Waals surface area (Å²) in [6.45, 7) is 0.529. The van der Waals surface area contributed by atoms with Gasteiger partial charge in [-0.15, -0.1) is 0 Å². The van der Waals surface area contributed by atoms with Gasteiger partial charge < -0.3 is 5.73 Å². The van der Waals surface area contributed by atoms with E-state index >= 15 is 0 Å². The summed E-state index contributed by atoms with van der Waals surface area (Å²) in [4.78, 5) is 12.1. The van der Waals surface area contributed by atoms with E-state index in [-0.39, 0.29) is 5.91 Å². The first kappa shape index (κ1) is 13.5. The number of carbonyl (C=O) groups is 1. The molecule has 0 aliphatic carbocycles. The Hall–Kier alpha value is -2.46. The molecule has 0 radical (unpaired) electrons. The maximum Gasteiger partial charge on any atom is 0.247 e. The molecule has 0 saturated carbocycles. The molecule has 3 rings (SSSR count). The van der Waals surface area contributed by atoms with Crippen LogP contribution >= 0.6 is 0 Å². The van der Waals surface area contributed by atoms with Crippen molar-refractivity contribution in [1.29, 1.82) is 0 Å². The molecule has 2 N–H and O–H groups in total. The van der Waals surface area contributed by atoms with Gasteiger partial charge in [-0.2, -0.15) is 5.10 Å². The molecular weight excluding hydrogens is 262 g/mol. The van der Waals surface area contributed by atoms with Crippen LogP contribution in [0.1, 0.15) is 24.0 Å². The summed E-state index contributed by atoms with van der Waals surface area (Å²) < 4.78 is 0. The average molecular weight is 279 g/mol. The lowest BCUT2D eigenvalue weighted by Gasteiger charge is -2.23. The molecule has 0 aromatic heterocycles. The molecule has 0 saturated heterocycles. The van der Waals surface area contributed by atoms with Gasteiger partial charge in [-0.1, -0.05) is 42.5 Å². The second-order valence-corrected chi connectivity index (χ2v) is 4.99. The maximum absolute atomic E-state index is 12.1. The predicted octanol–water partition coefficient (Wildman–Crippen LogP) is 2.68. The number of hydrogen-bond acceptors (Lipinski definition) is 3. The first-order valence-corrected chi connectivity index (χ1v) is 7.03. The molecule has 106 valence electrons. The number of nitrogens with two attached hydrogens (primary N) is 1. The van der Waals surface area contributed by atoms with E-state index in [1.807, 2.05) is 54.6 Å². The highest BCUT2D eigenvalue weighted by Crippen LogP contribution is 2.22. The first-order valence-electron chi connectivity index (χ1n) is 7.03. The van der Waals surface area contributed by atoms with Crippen LogP contribution in [-0.4, -0.2) is 11.6 Å². The van der Waals surface area contributed by atoms with Crippen LogP contribution in [0.25, 0.3) is 0 Å². The molecule has 0 fully saturated rings. The van der Waals surface area contributed by atoms with Crippen LogP contribution < -0.4 is 10.7 Å². The van der Waals surface area contributed by atoms with Crippen LogP contribution in [0.3, 0.4) is 0 Å². The predicted molar refractivity (Wildman–Crippen MR) is 84.0 cm³/mol. The van der Waals surface area contributed by atoms with Crippen LogP contribution in [0, 0.1) is 0 Å². The smallest absolute Gasteiger partial charge is 0.247 e. The quantitative estimate of drug-likeness (QED) is 0.939. The Morgan fingerprint density at radius 2 is 1.71 bits per heavy atom. The molecule has 1 amide bonds. The Labute approximate surface area is 123 Å². The SMILES string of the molecule is NCc1ccc(C2=NN(c3ccccc3)C(=O)CC2)cc1. The van der Waals surface area contributed by atoms with E-state index in [9.17, 15) is 4.79 Å². The summed E-state index contributed by atoms with van der Waals surface area (Å²) in [5, 5.41) is 6.02. The maximum atomic E-state index is 12.1. The lowest BCUT2D eigenvalue weighted by atomic mass is 10.0. The van der Waals surface area contributed by atoms with Gasteiger partial charge in [0.15, 0.2) is 0 Å². The van der Waals surface area contributed by atoms with Gasteiger partial charge in [-0.25, -0.2) is 5.01 Å². The highest BCUT2D eigenvalue weighted by atomic mass is 16.2. The minimum Gasteiger partial charge on any atom is -0.326 e. The average Bonchev–Trinajstić information content (AvgIpc) is 2.56.